The normalized spacial score (nSPS) is 14.7. The number of hydrogen-bond acceptors (Lipinski definition) is 3. The summed E-state index contributed by atoms with van der Waals surface area (Å²) < 4.78 is 0.865. The smallest absolute Gasteiger partial charge is 0.207 e. The topological polar surface area (TPSA) is 60.2 Å². The third kappa shape index (κ3) is 5.51. The van der Waals surface area contributed by atoms with Crippen LogP contribution in [0, 0.1) is 22.0 Å². The van der Waals surface area contributed by atoms with E-state index in [1.54, 1.807) is 0 Å². The van der Waals surface area contributed by atoms with Gasteiger partial charge in [-0.1, -0.05) is 35.9 Å². The lowest BCUT2D eigenvalue weighted by atomic mass is 9.88. The van der Waals surface area contributed by atoms with Gasteiger partial charge in [0, 0.05) is 21.2 Å². The van der Waals surface area contributed by atoms with Crippen molar-refractivity contribution < 1.29 is 9.72 Å². The quantitative estimate of drug-likeness (QED) is 0.227. The maximum atomic E-state index is 10.8. The van der Waals surface area contributed by atoms with E-state index >= 15 is 0 Å². The minimum Gasteiger partial charge on any atom is -0.303 e. The SMILES string of the molecule is CCC[C@@H](C=O)[C@@H](CCI)C[N+](=O)[O-]. The molecule has 0 saturated heterocycles. The van der Waals surface area contributed by atoms with Crippen LogP contribution in [0.3, 0.4) is 0 Å². The van der Waals surface area contributed by atoms with Crippen molar-refractivity contribution in [2.75, 3.05) is 11.0 Å². The Morgan fingerprint density at radius 1 is 1.50 bits per heavy atom. The van der Waals surface area contributed by atoms with Crippen LogP contribution in [0.5, 0.6) is 0 Å². The zero-order valence-electron chi connectivity index (χ0n) is 8.32. The Kier molecular flexibility index (Phi) is 8.02. The summed E-state index contributed by atoms with van der Waals surface area (Å²) in [5, 5.41) is 10.4. The summed E-state index contributed by atoms with van der Waals surface area (Å²) in [5.41, 5.74) is 0. The molecular weight excluding hydrogens is 297 g/mol. The fraction of sp³-hybridized carbons (Fsp3) is 0.889. The van der Waals surface area contributed by atoms with Crippen molar-refractivity contribution >= 4 is 28.9 Å². The van der Waals surface area contributed by atoms with Crippen LogP contribution in [0.1, 0.15) is 26.2 Å². The van der Waals surface area contributed by atoms with Crippen molar-refractivity contribution in [3.8, 4) is 0 Å². The van der Waals surface area contributed by atoms with Gasteiger partial charge in [-0.05, 0) is 12.8 Å². The van der Waals surface area contributed by atoms with Gasteiger partial charge in [-0.15, -0.1) is 0 Å². The Balaban J connectivity index is 4.25. The number of aldehydes is 1. The average molecular weight is 313 g/mol. The van der Waals surface area contributed by atoms with Crippen molar-refractivity contribution in [1.82, 2.24) is 0 Å². The molecule has 0 aromatic rings. The molecule has 4 nitrogen and oxygen atoms in total. The summed E-state index contributed by atoms with van der Waals surface area (Å²) in [6, 6.07) is 0. The zero-order chi connectivity index (χ0) is 11.0. The van der Waals surface area contributed by atoms with Crippen LogP contribution < -0.4 is 0 Å². The summed E-state index contributed by atoms with van der Waals surface area (Å²) in [6.07, 6.45) is 3.30. The molecule has 0 saturated carbocycles. The van der Waals surface area contributed by atoms with Crippen LogP contribution in [0.2, 0.25) is 0 Å². The molecule has 0 unspecified atom stereocenters. The van der Waals surface area contributed by atoms with Gasteiger partial charge < -0.3 is 4.79 Å². The highest BCUT2D eigenvalue weighted by Gasteiger charge is 2.24. The molecule has 5 heteroatoms. The van der Waals surface area contributed by atoms with E-state index in [4.69, 9.17) is 0 Å². The lowest BCUT2D eigenvalue weighted by Crippen LogP contribution is -2.24. The van der Waals surface area contributed by atoms with Gasteiger partial charge in [0.1, 0.15) is 6.29 Å². The molecule has 2 atom stereocenters. The number of nitro groups is 1. The monoisotopic (exact) mass is 313 g/mol. The van der Waals surface area contributed by atoms with Crippen LogP contribution in [0.25, 0.3) is 0 Å². The Labute approximate surface area is 97.7 Å². The van der Waals surface area contributed by atoms with E-state index in [9.17, 15) is 14.9 Å². The van der Waals surface area contributed by atoms with Gasteiger partial charge in [-0.3, -0.25) is 10.1 Å². The molecule has 0 N–H and O–H groups in total. The Bertz CT molecular complexity index is 187. The highest BCUT2D eigenvalue weighted by molar-refractivity contribution is 14.1. The first-order valence-electron chi connectivity index (χ1n) is 4.78. The third-order valence-corrected chi connectivity index (χ3v) is 2.89. The van der Waals surface area contributed by atoms with Crippen LogP contribution in [-0.4, -0.2) is 22.2 Å². The summed E-state index contributed by atoms with van der Waals surface area (Å²) in [4.78, 5) is 20.8. The second kappa shape index (κ2) is 8.14. The predicted octanol–water partition coefficient (Wildman–Crippen LogP) is 2.32. The first-order chi connectivity index (χ1) is 6.65. The summed E-state index contributed by atoms with van der Waals surface area (Å²) in [7, 11) is 0. The first kappa shape index (κ1) is 13.8. The standard InChI is InChI=1S/C9H16INO3/c1-2-3-9(7-12)8(4-5-10)6-11(13)14/h7-9H,2-6H2,1H3/t8-,9-/m0/s1. The summed E-state index contributed by atoms with van der Waals surface area (Å²) in [5.74, 6) is -0.223. The second-order valence-electron chi connectivity index (χ2n) is 3.34. The molecule has 0 aromatic carbocycles. The number of rotatable bonds is 8. The van der Waals surface area contributed by atoms with E-state index in [2.05, 4.69) is 22.6 Å². The molecule has 0 aliphatic rings. The molecule has 0 aromatic heterocycles. The van der Waals surface area contributed by atoms with Crippen LogP contribution >= 0.6 is 22.6 Å². The van der Waals surface area contributed by atoms with Crippen molar-refractivity contribution in [3.63, 3.8) is 0 Å². The summed E-state index contributed by atoms with van der Waals surface area (Å²) >= 11 is 2.19. The maximum Gasteiger partial charge on any atom is 0.207 e. The van der Waals surface area contributed by atoms with E-state index in [0.29, 0.717) is 0 Å². The zero-order valence-corrected chi connectivity index (χ0v) is 10.5. The average Bonchev–Trinajstić information content (AvgIpc) is 2.13. The number of halogens is 1. The van der Waals surface area contributed by atoms with Crippen molar-refractivity contribution in [2.45, 2.75) is 26.2 Å². The molecule has 0 radical (unpaired) electrons. The van der Waals surface area contributed by atoms with Crippen molar-refractivity contribution in [1.29, 1.82) is 0 Å². The third-order valence-electron chi connectivity index (χ3n) is 2.27. The Hall–Kier alpha value is -0.200. The highest BCUT2D eigenvalue weighted by atomic mass is 127. The van der Waals surface area contributed by atoms with Gasteiger partial charge in [0.15, 0.2) is 0 Å². The molecular formula is C9H16INO3. The summed E-state index contributed by atoms with van der Waals surface area (Å²) in [6.45, 7) is 1.91. The Morgan fingerprint density at radius 3 is 2.50 bits per heavy atom. The lowest BCUT2D eigenvalue weighted by molar-refractivity contribution is -0.489. The molecule has 0 rings (SSSR count). The molecule has 82 valence electrons. The van der Waals surface area contributed by atoms with Gasteiger partial charge in [0.05, 0.1) is 0 Å². The lowest BCUT2D eigenvalue weighted by Gasteiger charge is -2.17. The minimum absolute atomic E-state index is 0.0770. The van der Waals surface area contributed by atoms with Crippen LogP contribution in [0.4, 0.5) is 0 Å². The van der Waals surface area contributed by atoms with Gasteiger partial charge in [0.25, 0.3) is 0 Å². The van der Waals surface area contributed by atoms with Crippen LogP contribution in [0.15, 0.2) is 0 Å². The first-order valence-corrected chi connectivity index (χ1v) is 6.31. The molecule has 0 fully saturated rings. The van der Waals surface area contributed by atoms with Crippen LogP contribution in [-0.2, 0) is 4.79 Å². The minimum atomic E-state index is -0.316. The Morgan fingerprint density at radius 2 is 2.14 bits per heavy atom. The molecule has 0 amide bonds. The highest BCUT2D eigenvalue weighted by Crippen LogP contribution is 2.20. The van der Waals surface area contributed by atoms with E-state index < -0.39 is 0 Å². The van der Waals surface area contributed by atoms with E-state index in [0.717, 1.165) is 30.0 Å². The predicted molar refractivity (Wildman–Crippen MR) is 63.3 cm³/mol. The number of alkyl halides is 1. The molecule has 0 aliphatic heterocycles. The molecule has 0 aliphatic carbocycles. The number of hydrogen-bond donors (Lipinski definition) is 0. The van der Waals surface area contributed by atoms with Crippen molar-refractivity contribution in [3.05, 3.63) is 10.1 Å². The molecule has 0 bridgehead atoms. The van der Waals surface area contributed by atoms with E-state index in [1.807, 2.05) is 6.92 Å². The fourth-order valence-corrected chi connectivity index (χ4v) is 2.32. The van der Waals surface area contributed by atoms with E-state index in [-0.39, 0.29) is 23.3 Å². The fourth-order valence-electron chi connectivity index (χ4n) is 1.52. The number of carbonyl (C=O) groups excluding carboxylic acids is 1. The van der Waals surface area contributed by atoms with Gasteiger partial charge in [-0.25, -0.2) is 0 Å². The molecule has 0 spiro atoms. The van der Waals surface area contributed by atoms with Gasteiger partial charge >= 0.3 is 0 Å². The molecule has 0 heterocycles. The number of carbonyl (C=O) groups is 1. The second-order valence-corrected chi connectivity index (χ2v) is 4.42. The molecule has 14 heavy (non-hydrogen) atoms. The van der Waals surface area contributed by atoms with Gasteiger partial charge in [0.2, 0.25) is 6.54 Å². The van der Waals surface area contributed by atoms with E-state index in [1.165, 1.54) is 0 Å². The van der Waals surface area contributed by atoms with Crippen molar-refractivity contribution in [2.24, 2.45) is 11.8 Å². The maximum absolute atomic E-state index is 10.8. The largest absolute Gasteiger partial charge is 0.303 e. The number of nitrogens with zero attached hydrogens (tertiary/aromatic N) is 1. The van der Waals surface area contributed by atoms with Gasteiger partial charge in [-0.2, -0.15) is 0 Å².